The predicted octanol–water partition coefficient (Wildman–Crippen LogP) is 3.30. The number of thioether (sulfide) groups is 1. The summed E-state index contributed by atoms with van der Waals surface area (Å²) in [6.07, 6.45) is 4.02. The highest BCUT2D eigenvalue weighted by atomic mass is 32.2. The Morgan fingerprint density at radius 2 is 1.85 bits per heavy atom. The van der Waals surface area contributed by atoms with E-state index in [4.69, 9.17) is 9.40 Å². The van der Waals surface area contributed by atoms with Crippen molar-refractivity contribution in [2.45, 2.75) is 18.9 Å². The molecule has 0 atom stereocenters. The summed E-state index contributed by atoms with van der Waals surface area (Å²) in [5.41, 5.74) is 1.61. The van der Waals surface area contributed by atoms with Gasteiger partial charge in [0.1, 0.15) is 11.3 Å². The van der Waals surface area contributed by atoms with E-state index in [-0.39, 0.29) is 0 Å². The SMILES string of the molecule is c1ccc2oc(-c3cnnc(N4CCC(N5CCSCC5)CC4)n3)cc2c1. The number of hydrogen-bond acceptors (Lipinski definition) is 7. The summed E-state index contributed by atoms with van der Waals surface area (Å²) in [7, 11) is 0. The number of rotatable bonds is 3. The molecule has 2 aromatic heterocycles. The van der Waals surface area contributed by atoms with Gasteiger partial charge in [-0.1, -0.05) is 18.2 Å². The average molecular weight is 382 g/mol. The molecule has 0 spiro atoms. The molecule has 0 amide bonds. The normalized spacial score (nSPS) is 19.6. The molecular weight excluding hydrogens is 358 g/mol. The van der Waals surface area contributed by atoms with E-state index in [9.17, 15) is 0 Å². The first kappa shape index (κ1) is 17.0. The maximum absolute atomic E-state index is 5.94. The molecule has 1 aromatic carbocycles. The fraction of sp³-hybridized carbons (Fsp3) is 0.450. The van der Waals surface area contributed by atoms with Crippen molar-refractivity contribution in [3.8, 4) is 11.5 Å². The fourth-order valence-electron chi connectivity index (χ4n) is 4.03. The highest BCUT2D eigenvalue weighted by molar-refractivity contribution is 7.99. The largest absolute Gasteiger partial charge is 0.454 e. The number of benzene rings is 1. The summed E-state index contributed by atoms with van der Waals surface area (Å²) in [5, 5.41) is 9.55. The molecule has 0 aliphatic carbocycles. The van der Waals surface area contributed by atoms with E-state index in [1.54, 1.807) is 6.20 Å². The van der Waals surface area contributed by atoms with Gasteiger partial charge in [-0.05, 0) is 25.0 Å². The van der Waals surface area contributed by atoms with Gasteiger partial charge in [0.05, 0.1) is 6.20 Å². The van der Waals surface area contributed by atoms with Gasteiger partial charge < -0.3 is 9.32 Å². The molecule has 0 saturated carbocycles. The molecule has 0 bridgehead atoms. The van der Waals surface area contributed by atoms with E-state index in [0.29, 0.717) is 12.0 Å². The summed E-state index contributed by atoms with van der Waals surface area (Å²) in [4.78, 5) is 9.66. The van der Waals surface area contributed by atoms with Crippen LogP contribution in [0.2, 0.25) is 0 Å². The summed E-state index contributed by atoms with van der Waals surface area (Å²) in [6, 6.07) is 10.7. The zero-order chi connectivity index (χ0) is 18.1. The van der Waals surface area contributed by atoms with E-state index in [2.05, 4.69) is 31.8 Å². The molecule has 140 valence electrons. The van der Waals surface area contributed by atoms with Crippen LogP contribution in [0.5, 0.6) is 0 Å². The van der Waals surface area contributed by atoms with Gasteiger partial charge >= 0.3 is 0 Å². The minimum absolute atomic E-state index is 0.702. The van der Waals surface area contributed by atoms with Crippen molar-refractivity contribution in [3.63, 3.8) is 0 Å². The Labute approximate surface area is 163 Å². The Morgan fingerprint density at radius 1 is 1.04 bits per heavy atom. The first-order valence-electron chi connectivity index (χ1n) is 9.62. The molecule has 5 rings (SSSR count). The van der Waals surface area contributed by atoms with Crippen LogP contribution in [0, 0.1) is 0 Å². The van der Waals surface area contributed by atoms with E-state index >= 15 is 0 Å². The third-order valence-electron chi connectivity index (χ3n) is 5.54. The highest BCUT2D eigenvalue weighted by Crippen LogP contribution is 2.28. The summed E-state index contributed by atoms with van der Waals surface area (Å²) >= 11 is 2.07. The van der Waals surface area contributed by atoms with Gasteiger partial charge in [0, 0.05) is 49.1 Å². The monoisotopic (exact) mass is 381 g/mol. The number of anilines is 1. The second kappa shape index (κ2) is 7.48. The molecule has 2 saturated heterocycles. The van der Waals surface area contributed by atoms with Gasteiger partial charge in [-0.2, -0.15) is 16.9 Å². The van der Waals surface area contributed by atoms with E-state index in [0.717, 1.165) is 35.5 Å². The molecule has 2 fully saturated rings. The smallest absolute Gasteiger partial charge is 0.246 e. The van der Waals surface area contributed by atoms with E-state index in [1.807, 2.05) is 30.3 Å². The molecule has 3 aromatic rings. The van der Waals surface area contributed by atoms with Crippen LogP contribution in [-0.2, 0) is 0 Å². The van der Waals surface area contributed by atoms with Crippen LogP contribution < -0.4 is 4.90 Å². The average Bonchev–Trinajstić information content (AvgIpc) is 3.19. The summed E-state index contributed by atoms with van der Waals surface area (Å²) in [6.45, 7) is 4.43. The van der Waals surface area contributed by atoms with Crippen molar-refractivity contribution in [1.29, 1.82) is 0 Å². The minimum Gasteiger partial charge on any atom is -0.454 e. The number of aromatic nitrogens is 3. The Bertz CT molecular complexity index is 882. The van der Waals surface area contributed by atoms with E-state index in [1.165, 1.54) is 37.4 Å². The van der Waals surface area contributed by atoms with Crippen molar-refractivity contribution >= 4 is 28.7 Å². The van der Waals surface area contributed by atoms with Crippen LogP contribution in [0.15, 0.2) is 40.9 Å². The van der Waals surface area contributed by atoms with Crippen molar-refractivity contribution < 1.29 is 4.42 Å². The molecule has 4 heterocycles. The number of nitrogens with zero attached hydrogens (tertiary/aromatic N) is 5. The second-order valence-corrected chi connectivity index (χ2v) is 8.38. The van der Waals surface area contributed by atoms with Crippen LogP contribution in [0.25, 0.3) is 22.4 Å². The van der Waals surface area contributed by atoms with Gasteiger partial charge in [-0.25, -0.2) is 4.98 Å². The number of piperidine rings is 1. The van der Waals surface area contributed by atoms with Crippen molar-refractivity contribution in [1.82, 2.24) is 20.1 Å². The number of furan rings is 1. The van der Waals surface area contributed by atoms with Gasteiger partial charge in [-0.3, -0.25) is 4.90 Å². The van der Waals surface area contributed by atoms with Crippen LogP contribution in [0.1, 0.15) is 12.8 Å². The van der Waals surface area contributed by atoms with Crippen LogP contribution in [0.3, 0.4) is 0 Å². The molecule has 6 nitrogen and oxygen atoms in total. The number of fused-ring (bicyclic) bond motifs is 1. The predicted molar refractivity (Wildman–Crippen MR) is 109 cm³/mol. The summed E-state index contributed by atoms with van der Waals surface area (Å²) < 4.78 is 5.94. The summed E-state index contributed by atoms with van der Waals surface area (Å²) in [5.74, 6) is 3.99. The third kappa shape index (κ3) is 3.53. The van der Waals surface area contributed by atoms with Crippen LogP contribution >= 0.6 is 11.8 Å². The zero-order valence-electron chi connectivity index (χ0n) is 15.3. The van der Waals surface area contributed by atoms with Gasteiger partial charge in [-0.15, -0.1) is 5.10 Å². The van der Waals surface area contributed by atoms with Gasteiger partial charge in [0.15, 0.2) is 5.76 Å². The zero-order valence-corrected chi connectivity index (χ0v) is 16.1. The van der Waals surface area contributed by atoms with Crippen molar-refractivity contribution in [3.05, 3.63) is 36.5 Å². The third-order valence-corrected chi connectivity index (χ3v) is 6.48. The number of hydrogen-bond donors (Lipinski definition) is 0. The maximum atomic E-state index is 5.94. The standard InChI is InChI=1S/C20H23N5OS/c1-2-4-18-15(3-1)13-19(26-18)17-14-21-23-20(22-17)25-7-5-16(6-8-25)24-9-11-27-12-10-24/h1-4,13-14,16H,5-12H2. The molecule has 27 heavy (non-hydrogen) atoms. The van der Waals surface area contributed by atoms with Gasteiger partial charge in [0.25, 0.3) is 0 Å². The molecule has 0 unspecified atom stereocenters. The molecule has 7 heteroatoms. The highest BCUT2D eigenvalue weighted by Gasteiger charge is 2.27. The van der Waals surface area contributed by atoms with Crippen LogP contribution in [0.4, 0.5) is 5.95 Å². The Hall–Kier alpha value is -2.12. The molecule has 2 aliphatic heterocycles. The van der Waals surface area contributed by atoms with Crippen LogP contribution in [-0.4, -0.2) is 63.8 Å². The lowest BCUT2D eigenvalue weighted by Crippen LogP contribution is -2.48. The molecule has 0 radical (unpaired) electrons. The lowest BCUT2D eigenvalue weighted by atomic mass is 10.0. The first-order valence-corrected chi connectivity index (χ1v) is 10.8. The fourth-order valence-corrected chi connectivity index (χ4v) is 4.96. The first-order chi connectivity index (χ1) is 13.4. The number of para-hydroxylation sites is 1. The Balaban J connectivity index is 1.31. The second-order valence-electron chi connectivity index (χ2n) is 7.16. The molecule has 0 N–H and O–H groups in total. The minimum atomic E-state index is 0.702. The van der Waals surface area contributed by atoms with Crippen molar-refractivity contribution in [2.75, 3.05) is 42.6 Å². The molecular formula is C20H23N5OS. The van der Waals surface area contributed by atoms with Crippen molar-refractivity contribution in [2.24, 2.45) is 0 Å². The Kier molecular flexibility index (Phi) is 4.71. The lowest BCUT2D eigenvalue weighted by molar-refractivity contribution is 0.185. The van der Waals surface area contributed by atoms with Gasteiger partial charge in [0.2, 0.25) is 5.95 Å². The topological polar surface area (TPSA) is 58.3 Å². The lowest BCUT2D eigenvalue weighted by Gasteiger charge is -2.39. The maximum Gasteiger partial charge on any atom is 0.246 e. The van der Waals surface area contributed by atoms with E-state index < -0.39 is 0 Å². The quantitative estimate of drug-likeness (QED) is 0.690. The Morgan fingerprint density at radius 3 is 2.67 bits per heavy atom. The molecule has 2 aliphatic rings.